The molecule has 0 saturated carbocycles. The van der Waals surface area contributed by atoms with Gasteiger partial charge in [-0.05, 0) is 29.8 Å². The number of rotatable bonds is 7. The normalized spacial score (nSPS) is 10.4. The molecule has 4 heteroatoms. The van der Waals surface area contributed by atoms with Gasteiger partial charge in [0.2, 0.25) is 0 Å². The van der Waals surface area contributed by atoms with Crippen LogP contribution >= 0.6 is 0 Å². The van der Waals surface area contributed by atoms with E-state index >= 15 is 0 Å². The summed E-state index contributed by atoms with van der Waals surface area (Å²) in [5, 5.41) is 2.22. The first-order valence-corrected chi connectivity index (χ1v) is 7.00. The number of methoxy groups -OCH3 is 2. The van der Waals surface area contributed by atoms with Crippen LogP contribution in [0.2, 0.25) is 0 Å². The smallest absolute Gasteiger partial charge is 0.131 e. The predicted molar refractivity (Wildman–Crippen MR) is 80.1 cm³/mol. The molecule has 0 heterocycles. The van der Waals surface area contributed by atoms with Gasteiger partial charge in [0.1, 0.15) is 23.9 Å². The number of ether oxygens (including phenoxy) is 2. The molecule has 3 nitrogen and oxygen atoms in total. The summed E-state index contributed by atoms with van der Waals surface area (Å²) in [5.74, 6) is 1.44. The Morgan fingerprint density at radius 2 is 1.76 bits per heavy atom. The molecule has 0 aliphatic heterocycles. The molecular formula is C17H21FNO2+. The van der Waals surface area contributed by atoms with E-state index in [0.717, 1.165) is 42.1 Å². The van der Waals surface area contributed by atoms with Crippen LogP contribution in [0.3, 0.4) is 0 Å². The lowest BCUT2D eigenvalue weighted by molar-refractivity contribution is -0.670. The first kappa shape index (κ1) is 15.3. The zero-order valence-electron chi connectivity index (χ0n) is 12.4. The van der Waals surface area contributed by atoms with Gasteiger partial charge in [-0.1, -0.05) is 12.1 Å². The molecule has 0 spiro atoms. The van der Waals surface area contributed by atoms with Crippen molar-refractivity contribution in [1.82, 2.24) is 0 Å². The molecule has 0 radical (unpaired) electrons. The average molecular weight is 290 g/mol. The van der Waals surface area contributed by atoms with Crippen molar-refractivity contribution in [3.05, 3.63) is 59.4 Å². The van der Waals surface area contributed by atoms with Crippen LogP contribution in [-0.4, -0.2) is 20.8 Å². The maximum Gasteiger partial charge on any atom is 0.131 e. The molecule has 0 atom stereocenters. The Labute approximate surface area is 124 Å². The lowest BCUT2D eigenvalue weighted by atomic mass is 10.1. The molecule has 21 heavy (non-hydrogen) atoms. The second kappa shape index (κ2) is 7.64. The van der Waals surface area contributed by atoms with Crippen LogP contribution in [-0.2, 0) is 13.0 Å². The first-order chi connectivity index (χ1) is 10.2. The van der Waals surface area contributed by atoms with E-state index in [1.54, 1.807) is 14.2 Å². The number of hydrogen-bond acceptors (Lipinski definition) is 2. The van der Waals surface area contributed by atoms with Crippen molar-refractivity contribution >= 4 is 0 Å². The molecule has 2 N–H and O–H groups in total. The topological polar surface area (TPSA) is 35.1 Å². The fraction of sp³-hybridized carbons (Fsp3) is 0.294. The summed E-state index contributed by atoms with van der Waals surface area (Å²) in [5.41, 5.74) is 2.28. The molecule has 2 aromatic rings. The van der Waals surface area contributed by atoms with Gasteiger partial charge in [-0.2, -0.15) is 0 Å². The Morgan fingerprint density at radius 1 is 1.00 bits per heavy atom. The van der Waals surface area contributed by atoms with Gasteiger partial charge >= 0.3 is 0 Å². The summed E-state index contributed by atoms with van der Waals surface area (Å²) in [7, 11) is 3.31. The Balaban J connectivity index is 1.84. The molecule has 0 aromatic heterocycles. The fourth-order valence-corrected chi connectivity index (χ4v) is 2.20. The standard InChI is InChI=1S/C17H20FNO2/c1-20-16-8-5-14(17(11-16)21-2)12-19-10-9-13-3-6-15(18)7-4-13/h3-8,11,19H,9-10,12H2,1-2H3/p+1. The van der Waals surface area contributed by atoms with Gasteiger partial charge in [0.25, 0.3) is 0 Å². The van der Waals surface area contributed by atoms with Crippen molar-refractivity contribution in [2.75, 3.05) is 20.8 Å². The minimum Gasteiger partial charge on any atom is -0.497 e. The maximum atomic E-state index is 12.8. The molecular weight excluding hydrogens is 269 g/mol. The average Bonchev–Trinajstić information content (AvgIpc) is 2.53. The van der Waals surface area contributed by atoms with E-state index in [0.29, 0.717) is 0 Å². The van der Waals surface area contributed by atoms with Crippen molar-refractivity contribution < 1.29 is 19.2 Å². The Kier molecular flexibility index (Phi) is 5.58. The van der Waals surface area contributed by atoms with Gasteiger partial charge in [0, 0.05) is 18.1 Å². The maximum absolute atomic E-state index is 12.8. The van der Waals surface area contributed by atoms with Gasteiger partial charge < -0.3 is 14.8 Å². The third-order valence-electron chi connectivity index (χ3n) is 3.41. The molecule has 112 valence electrons. The van der Waals surface area contributed by atoms with E-state index in [1.807, 2.05) is 30.3 Å². The summed E-state index contributed by atoms with van der Waals surface area (Å²) < 4.78 is 23.4. The predicted octanol–water partition coefficient (Wildman–Crippen LogP) is 2.15. The third-order valence-corrected chi connectivity index (χ3v) is 3.41. The van der Waals surface area contributed by atoms with Crippen molar-refractivity contribution in [2.45, 2.75) is 13.0 Å². The van der Waals surface area contributed by atoms with Crippen LogP contribution in [0.1, 0.15) is 11.1 Å². The highest BCUT2D eigenvalue weighted by Gasteiger charge is 2.06. The lowest BCUT2D eigenvalue weighted by Gasteiger charge is -2.09. The van der Waals surface area contributed by atoms with E-state index in [-0.39, 0.29) is 5.82 Å². The highest BCUT2D eigenvalue weighted by molar-refractivity contribution is 5.40. The van der Waals surface area contributed by atoms with Gasteiger partial charge in [-0.25, -0.2) is 4.39 Å². The summed E-state index contributed by atoms with van der Waals surface area (Å²) >= 11 is 0. The van der Waals surface area contributed by atoms with Crippen molar-refractivity contribution in [3.8, 4) is 11.5 Å². The van der Waals surface area contributed by atoms with Crippen LogP contribution < -0.4 is 14.8 Å². The molecule has 0 aliphatic rings. The molecule has 0 amide bonds. The Bertz CT molecular complexity index is 570. The van der Waals surface area contributed by atoms with E-state index in [1.165, 1.54) is 12.1 Å². The largest absolute Gasteiger partial charge is 0.497 e. The highest BCUT2D eigenvalue weighted by atomic mass is 19.1. The summed E-state index contributed by atoms with van der Waals surface area (Å²) in [4.78, 5) is 0. The zero-order valence-corrected chi connectivity index (χ0v) is 12.4. The molecule has 0 aliphatic carbocycles. The molecule has 2 rings (SSSR count). The van der Waals surface area contributed by atoms with Crippen molar-refractivity contribution in [1.29, 1.82) is 0 Å². The highest BCUT2D eigenvalue weighted by Crippen LogP contribution is 2.23. The number of hydrogen-bond donors (Lipinski definition) is 1. The van der Waals surface area contributed by atoms with Crippen LogP contribution in [0.25, 0.3) is 0 Å². The van der Waals surface area contributed by atoms with Crippen LogP contribution in [0.15, 0.2) is 42.5 Å². The van der Waals surface area contributed by atoms with Crippen LogP contribution in [0.4, 0.5) is 4.39 Å². The third kappa shape index (κ3) is 4.46. The Hall–Kier alpha value is -2.07. The quantitative estimate of drug-likeness (QED) is 0.793. The second-order valence-electron chi connectivity index (χ2n) is 4.84. The van der Waals surface area contributed by atoms with E-state index in [4.69, 9.17) is 9.47 Å². The van der Waals surface area contributed by atoms with Gasteiger partial charge in [0.15, 0.2) is 0 Å². The number of benzene rings is 2. The molecule has 0 saturated heterocycles. The fourth-order valence-electron chi connectivity index (χ4n) is 2.20. The monoisotopic (exact) mass is 290 g/mol. The minimum atomic E-state index is -0.189. The van der Waals surface area contributed by atoms with Crippen LogP contribution in [0.5, 0.6) is 11.5 Å². The van der Waals surface area contributed by atoms with E-state index < -0.39 is 0 Å². The molecule has 0 fully saturated rings. The van der Waals surface area contributed by atoms with Crippen molar-refractivity contribution in [3.63, 3.8) is 0 Å². The minimum absolute atomic E-state index is 0.189. The molecule has 2 aromatic carbocycles. The van der Waals surface area contributed by atoms with Crippen LogP contribution in [0, 0.1) is 5.82 Å². The van der Waals surface area contributed by atoms with E-state index in [9.17, 15) is 4.39 Å². The molecule has 0 unspecified atom stereocenters. The first-order valence-electron chi connectivity index (χ1n) is 7.00. The van der Waals surface area contributed by atoms with Gasteiger partial charge in [-0.3, -0.25) is 0 Å². The van der Waals surface area contributed by atoms with Crippen molar-refractivity contribution in [2.24, 2.45) is 0 Å². The summed E-state index contributed by atoms with van der Waals surface area (Å²) in [6, 6.07) is 12.5. The van der Waals surface area contributed by atoms with Gasteiger partial charge in [-0.15, -0.1) is 0 Å². The summed E-state index contributed by atoms with van der Waals surface area (Å²) in [6.07, 6.45) is 0.915. The molecule has 0 bridgehead atoms. The second-order valence-corrected chi connectivity index (χ2v) is 4.84. The van der Waals surface area contributed by atoms with E-state index in [2.05, 4.69) is 5.32 Å². The number of halogens is 1. The lowest BCUT2D eigenvalue weighted by Crippen LogP contribution is -2.83. The van der Waals surface area contributed by atoms with Gasteiger partial charge in [0.05, 0.1) is 20.8 Å². The number of quaternary nitrogens is 1. The summed E-state index contributed by atoms with van der Waals surface area (Å²) in [6.45, 7) is 1.79. The zero-order chi connectivity index (χ0) is 15.1. The Morgan fingerprint density at radius 3 is 2.43 bits per heavy atom. The number of nitrogens with two attached hydrogens (primary N) is 1. The SMILES string of the molecule is COc1ccc(C[NH2+]CCc2ccc(F)cc2)c(OC)c1.